The zero-order chi connectivity index (χ0) is 22.6. The quantitative estimate of drug-likeness (QED) is 0.359. The summed E-state index contributed by atoms with van der Waals surface area (Å²) in [6, 6.07) is 0. The maximum absolute atomic E-state index is 13.4. The first-order valence-corrected chi connectivity index (χ1v) is 11.8. The van der Waals surface area contributed by atoms with Gasteiger partial charge in [-0.15, -0.1) is 0 Å². The number of aliphatic carboxylic acids is 1. The van der Waals surface area contributed by atoms with E-state index in [4.69, 9.17) is 15.1 Å². The first-order valence-electron chi connectivity index (χ1n) is 9.99. The van der Waals surface area contributed by atoms with E-state index in [2.05, 4.69) is 25.2 Å². The molecule has 0 spiro atoms. The summed E-state index contributed by atoms with van der Waals surface area (Å²) in [6.07, 6.45) is 5.70. The van der Waals surface area contributed by atoms with Crippen molar-refractivity contribution in [3.63, 3.8) is 0 Å². The molecule has 4 N–H and O–H groups in total. The highest BCUT2D eigenvalue weighted by molar-refractivity contribution is 7.56. The number of aromatic nitrogens is 4. The van der Waals surface area contributed by atoms with Crippen molar-refractivity contribution in [2.24, 2.45) is 5.16 Å². The summed E-state index contributed by atoms with van der Waals surface area (Å²) in [4.78, 5) is 23.8. The number of anilines is 1. The molecule has 0 saturated heterocycles. The number of carboxylic acid groups (broad SMARTS) is 1. The van der Waals surface area contributed by atoms with Gasteiger partial charge in [0.05, 0.1) is 24.7 Å². The van der Waals surface area contributed by atoms with Crippen LogP contribution in [0.2, 0.25) is 0 Å². The molecule has 0 radical (unpaired) electrons. The van der Waals surface area contributed by atoms with Crippen LogP contribution in [0.25, 0.3) is 11.2 Å². The number of nitrogens with one attached hydrogen (secondary N) is 1. The van der Waals surface area contributed by atoms with Crippen LogP contribution >= 0.6 is 7.52 Å². The second kappa shape index (κ2) is 9.29. The van der Waals surface area contributed by atoms with E-state index < -0.39 is 25.1 Å². The molecule has 0 unspecified atom stereocenters. The molecule has 1 saturated carbocycles. The number of ether oxygens (including phenoxy) is 1. The molecule has 0 aromatic carbocycles. The van der Waals surface area contributed by atoms with Crippen molar-refractivity contribution in [1.29, 1.82) is 0 Å². The number of carboxylic acids is 1. The Bertz CT molecular complexity index is 1010. The van der Waals surface area contributed by atoms with Crippen LogP contribution in [0.3, 0.4) is 0 Å². The van der Waals surface area contributed by atoms with Gasteiger partial charge in [0.25, 0.3) is 0 Å². The van der Waals surface area contributed by atoms with Crippen molar-refractivity contribution < 1.29 is 23.8 Å². The third kappa shape index (κ3) is 5.78. The summed E-state index contributed by atoms with van der Waals surface area (Å²) in [5, 5.41) is 16.0. The molecule has 31 heavy (non-hydrogen) atoms. The average Bonchev–Trinajstić information content (AvgIpc) is 3.36. The maximum atomic E-state index is 13.4. The van der Waals surface area contributed by atoms with E-state index in [0.29, 0.717) is 17.7 Å². The topological polar surface area (TPSA) is 167 Å². The SMILES string of the molecule is C[C@H](Cn1cnc2c(N)ncnc21)OC[P@@](=O)(NC(C)(C)C(=O)O)ON=C1CCCC1. The van der Waals surface area contributed by atoms with E-state index in [0.717, 1.165) is 31.4 Å². The second-order valence-electron chi connectivity index (χ2n) is 8.10. The Morgan fingerprint density at radius 3 is 2.77 bits per heavy atom. The summed E-state index contributed by atoms with van der Waals surface area (Å²) in [6.45, 7) is 4.94. The minimum atomic E-state index is -3.76. The third-order valence-corrected chi connectivity index (χ3v) is 6.61. The summed E-state index contributed by atoms with van der Waals surface area (Å²) in [7, 11) is -3.76. The van der Waals surface area contributed by atoms with Crippen LogP contribution in [0.4, 0.5) is 5.82 Å². The van der Waals surface area contributed by atoms with Gasteiger partial charge >= 0.3 is 13.5 Å². The van der Waals surface area contributed by atoms with Crippen molar-refractivity contribution in [2.75, 3.05) is 12.1 Å². The van der Waals surface area contributed by atoms with Crippen molar-refractivity contribution in [3.05, 3.63) is 12.7 Å². The minimum Gasteiger partial charge on any atom is -0.480 e. The molecule has 2 aromatic rings. The van der Waals surface area contributed by atoms with Gasteiger partial charge in [-0.05, 0) is 46.5 Å². The first kappa shape index (κ1) is 23.1. The van der Waals surface area contributed by atoms with Crippen LogP contribution in [0.5, 0.6) is 0 Å². The Labute approximate surface area is 179 Å². The van der Waals surface area contributed by atoms with E-state index in [9.17, 15) is 14.5 Å². The Hall–Kier alpha value is -2.56. The third-order valence-electron chi connectivity index (χ3n) is 4.88. The fourth-order valence-corrected chi connectivity index (χ4v) is 4.93. The van der Waals surface area contributed by atoms with Gasteiger partial charge in [-0.3, -0.25) is 9.36 Å². The highest BCUT2D eigenvalue weighted by Gasteiger charge is 2.38. The number of fused-ring (bicyclic) bond motifs is 1. The molecule has 13 heteroatoms. The molecule has 0 aliphatic heterocycles. The second-order valence-corrected chi connectivity index (χ2v) is 10.1. The molecule has 170 valence electrons. The van der Waals surface area contributed by atoms with Gasteiger partial charge in [0.1, 0.15) is 23.7 Å². The number of hydrogen-bond acceptors (Lipinski definition) is 9. The standard InChI is InChI=1S/C18H28N7O5P/c1-12(8-25-10-22-14-15(19)20-9-21-16(14)25)29-11-31(28,24-18(2,3)17(26)27)30-23-13-6-4-5-7-13/h9-10,12H,4-8,11H2,1-3H3,(H,24,28)(H,26,27)(H2,19,20,21)/t12-,31+/m1/s1. The van der Waals surface area contributed by atoms with Crippen molar-refractivity contribution >= 4 is 36.2 Å². The molecule has 1 aliphatic rings. The predicted octanol–water partition coefficient (Wildman–Crippen LogP) is 2.36. The summed E-state index contributed by atoms with van der Waals surface area (Å²) in [5.41, 5.74) is 6.16. The van der Waals surface area contributed by atoms with Crippen LogP contribution < -0.4 is 10.8 Å². The molecule has 1 fully saturated rings. The average molecular weight is 453 g/mol. The first-order chi connectivity index (χ1) is 14.6. The van der Waals surface area contributed by atoms with Crippen molar-refractivity contribution in [1.82, 2.24) is 24.6 Å². The molecule has 0 amide bonds. The highest BCUT2D eigenvalue weighted by atomic mass is 31.2. The number of rotatable bonds is 10. The Morgan fingerprint density at radius 1 is 1.39 bits per heavy atom. The molecular formula is C18H28N7O5P. The monoisotopic (exact) mass is 453 g/mol. The van der Waals surface area contributed by atoms with Gasteiger partial charge in [-0.1, -0.05) is 5.16 Å². The van der Waals surface area contributed by atoms with Crippen LogP contribution in [0.15, 0.2) is 17.8 Å². The van der Waals surface area contributed by atoms with E-state index in [1.54, 1.807) is 17.8 Å². The minimum absolute atomic E-state index is 0.279. The molecule has 3 rings (SSSR count). The molecule has 12 nitrogen and oxygen atoms in total. The largest absolute Gasteiger partial charge is 0.480 e. The molecule has 2 heterocycles. The lowest BCUT2D eigenvalue weighted by molar-refractivity contribution is -0.142. The lowest BCUT2D eigenvalue weighted by atomic mass is 10.1. The Morgan fingerprint density at radius 2 is 2.10 bits per heavy atom. The fraction of sp³-hybridized carbons (Fsp3) is 0.611. The number of nitrogens with zero attached hydrogens (tertiary/aromatic N) is 5. The predicted molar refractivity (Wildman–Crippen MR) is 115 cm³/mol. The van der Waals surface area contributed by atoms with Crippen LogP contribution in [0.1, 0.15) is 46.5 Å². The lowest BCUT2D eigenvalue weighted by Gasteiger charge is -2.27. The number of carbonyl (C=O) groups is 1. The highest BCUT2D eigenvalue weighted by Crippen LogP contribution is 2.45. The summed E-state index contributed by atoms with van der Waals surface area (Å²) in [5.74, 6) is -0.888. The Balaban J connectivity index is 1.69. The number of oxime groups is 1. The fourth-order valence-electron chi connectivity index (χ4n) is 3.14. The van der Waals surface area contributed by atoms with Gasteiger partial charge in [-0.25, -0.2) is 20.0 Å². The van der Waals surface area contributed by atoms with Gasteiger partial charge in [0, 0.05) is 0 Å². The van der Waals surface area contributed by atoms with Gasteiger partial charge in [0.2, 0.25) is 0 Å². The molecule has 0 bridgehead atoms. The maximum Gasteiger partial charge on any atom is 0.365 e. The van der Waals surface area contributed by atoms with Crippen molar-refractivity contribution in [2.45, 2.75) is 64.6 Å². The van der Waals surface area contributed by atoms with Crippen LogP contribution in [-0.2, 0) is 25.3 Å². The van der Waals surface area contributed by atoms with Gasteiger partial charge in [-0.2, -0.15) is 0 Å². The molecular weight excluding hydrogens is 425 g/mol. The molecule has 2 atom stereocenters. The van der Waals surface area contributed by atoms with E-state index in [1.165, 1.54) is 20.2 Å². The van der Waals surface area contributed by atoms with E-state index >= 15 is 0 Å². The van der Waals surface area contributed by atoms with Gasteiger partial charge < -0.3 is 24.8 Å². The summed E-state index contributed by atoms with van der Waals surface area (Å²) < 4.78 is 26.2. The number of hydrogen-bond donors (Lipinski definition) is 3. The molecule has 1 aliphatic carbocycles. The van der Waals surface area contributed by atoms with Gasteiger partial charge in [0.15, 0.2) is 11.5 Å². The zero-order valence-electron chi connectivity index (χ0n) is 17.8. The van der Waals surface area contributed by atoms with Crippen LogP contribution in [0, 0.1) is 0 Å². The van der Waals surface area contributed by atoms with E-state index in [1.807, 2.05) is 0 Å². The molecule has 2 aromatic heterocycles. The summed E-state index contributed by atoms with van der Waals surface area (Å²) >= 11 is 0. The lowest BCUT2D eigenvalue weighted by Crippen LogP contribution is -2.45. The normalized spacial score (nSPS) is 17.5. The smallest absolute Gasteiger partial charge is 0.365 e. The number of nitrogens with two attached hydrogens (primary N) is 1. The van der Waals surface area contributed by atoms with Crippen molar-refractivity contribution in [3.8, 4) is 0 Å². The Kier molecular flexibility index (Phi) is 6.93. The number of nitrogen functional groups attached to an aromatic ring is 1. The number of imidazole rings is 1. The zero-order valence-corrected chi connectivity index (χ0v) is 18.7. The van der Waals surface area contributed by atoms with Crippen LogP contribution in [-0.4, -0.2) is 54.3 Å². The van der Waals surface area contributed by atoms with E-state index in [-0.39, 0.29) is 12.2 Å².